The lowest BCUT2D eigenvalue weighted by molar-refractivity contribution is -0.0271. The number of ketones is 1. The molecule has 0 aromatic heterocycles. The lowest BCUT2D eigenvalue weighted by Crippen LogP contribution is -2.49. The summed E-state index contributed by atoms with van der Waals surface area (Å²) in [5.41, 5.74) is 0.745. The Labute approximate surface area is 120 Å². The zero-order valence-electron chi connectivity index (χ0n) is 12.0. The highest BCUT2D eigenvalue weighted by Gasteiger charge is 2.26. The summed E-state index contributed by atoms with van der Waals surface area (Å²) in [5, 5.41) is 9.81. The minimum Gasteiger partial charge on any atom is -0.392 e. The van der Waals surface area contributed by atoms with Crippen molar-refractivity contribution < 1.29 is 14.6 Å². The predicted molar refractivity (Wildman–Crippen MR) is 77.9 cm³/mol. The van der Waals surface area contributed by atoms with Crippen molar-refractivity contribution in [2.45, 2.75) is 31.9 Å². The zero-order valence-corrected chi connectivity index (χ0v) is 12.0. The summed E-state index contributed by atoms with van der Waals surface area (Å²) in [7, 11) is 0. The Bertz CT molecular complexity index is 421. The first kappa shape index (κ1) is 15.2. The van der Waals surface area contributed by atoms with Crippen LogP contribution in [0.2, 0.25) is 0 Å². The lowest BCUT2D eigenvalue weighted by atomic mass is 10.0. The van der Waals surface area contributed by atoms with Gasteiger partial charge < -0.3 is 9.84 Å². The molecule has 4 nitrogen and oxygen atoms in total. The monoisotopic (exact) mass is 277 g/mol. The zero-order chi connectivity index (χ0) is 14.4. The van der Waals surface area contributed by atoms with Gasteiger partial charge in [0.2, 0.25) is 0 Å². The van der Waals surface area contributed by atoms with Crippen molar-refractivity contribution >= 4 is 5.78 Å². The Morgan fingerprint density at radius 2 is 2.20 bits per heavy atom. The van der Waals surface area contributed by atoms with E-state index in [2.05, 4.69) is 4.90 Å². The highest BCUT2D eigenvalue weighted by molar-refractivity contribution is 5.96. The Kier molecular flexibility index (Phi) is 5.71. The number of aliphatic hydroxyl groups excluding tert-OH is 1. The SMILES string of the molecule is CC[C@@H](O)CN1CCOCC1CC(=O)c1ccccc1. The van der Waals surface area contributed by atoms with Crippen LogP contribution in [0, 0.1) is 0 Å². The smallest absolute Gasteiger partial charge is 0.164 e. The van der Waals surface area contributed by atoms with Crippen molar-refractivity contribution in [1.82, 2.24) is 4.90 Å². The molecule has 20 heavy (non-hydrogen) atoms. The third-order valence-electron chi connectivity index (χ3n) is 3.78. The topological polar surface area (TPSA) is 49.8 Å². The van der Waals surface area contributed by atoms with Crippen LogP contribution in [0.5, 0.6) is 0 Å². The van der Waals surface area contributed by atoms with E-state index in [9.17, 15) is 9.90 Å². The standard InChI is InChI=1S/C16H23NO3/c1-2-15(18)11-17-8-9-20-12-14(17)10-16(19)13-6-4-3-5-7-13/h3-7,14-15,18H,2,8-12H2,1H3/t14?,15-/m1/s1. The molecule has 0 aliphatic carbocycles. The predicted octanol–water partition coefficient (Wildman–Crippen LogP) is 1.73. The Morgan fingerprint density at radius 3 is 2.90 bits per heavy atom. The molecule has 1 aromatic carbocycles. The number of morpholine rings is 1. The molecule has 0 spiro atoms. The van der Waals surface area contributed by atoms with Gasteiger partial charge in [-0.3, -0.25) is 9.69 Å². The summed E-state index contributed by atoms with van der Waals surface area (Å²) in [5.74, 6) is 0.136. The first-order valence-corrected chi connectivity index (χ1v) is 7.28. The van der Waals surface area contributed by atoms with E-state index in [1.807, 2.05) is 37.3 Å². The molecule has 4 heteroatoms. The van der Waals surface area contributed by atoms with Crippen LogP contribution < -0.4 is 0 Å². The summed E-state index contributed by atoms with van der Waals surface area (Å²) in [6.07, 6.45) is 0.847. The third kappa shape index (κ3) is 4.13. The van der Waals surface area contributed by atoms with Crippen molar-refractivity contribution in [2.24, 2.45) is 0 Å². The van der Waals surface area contributed by atoms with Crippen molar-refractivity contribution in [1.29, 1.82) is 0 Å². The van der Waals surface area contributed by atoms with Crippen LogP contribution in [0.1, 0.15) is 30.1 Å². The minimum absolute atomic E-state index is 0.0673. The minimum atomic E-state index is -0.331. The summed E-state index contributed by atoms with van der Waals surface area (Å²) >= 11 is 0. The van der Waals surface area contributed by atoms with Gasteiger partial charge in [-0.2, -0.15) is 0 Å². The maximum atomic E-state index is 12.3. The number of hydrogen-bond acceptors (Lipinski definition) is 4. The highest BCUT2D eigenvalue weighted by atomic mass is 16.5. The number of carbonyl (C=O) groups excluding carboxylic acids is 1. The fraction of sp³-hybridized carbons (Fsp3) is 0.562. The lowest BCUT2D eigenvalue weighted by Gasteiger charge is -2.36. The summed E-state index contributed by atoms with van der Waals surface area (Å²) < 4.78 is 5.49. The van der Waals surface area contributed by atoms with E-state index >= 15 is 0 Å². The average molecular weight is 277 g/mol. The molecule has 2 rings (SSSR count). The molecule has 0 saturated carbocycles. The second-order valence-corrected chi connectivity index (χ2v) is 5.28. The van der Waals surface area contributed by atoms with Gasteiger partial charge in [0.05, 0.1) is 19.3 Å². The third-order valence-corrected chi connectivity index (χ3v) is 3.78. The maximum absolute atomic E-state index is 12.3. The van der Waals surface area contributed by atoms with Crippen molar-refractivity contribution in [3.8, 4) is 0 Å². The van der Waals surface area contributed by atoms with Gasteiger partial charge in [-0.05, 0) is 6.42 Å². The van der Waals surface area contributed by atoms with Crippen LogP contribution in [0.3, 0.4) is 0 Å². The van der Waals surface area contributed by atoms with Crippen molar-refractivity contribution in [3.05, 3.63) is 35.9 Å². The summed E-state index contributed by atoms with van der Waals surface area (Å²) in [6, 6.07) is 9.42. The van der Waals surface area contributed by atoms with Crippen LogP contribution in [-0.4, -0.2) is 54.2 Å². The van der Waals surface area contributed by atoms with E-state index in [4.69, 9.17) is 4.74 Å². The van der Waals surface area contributed by atoms with E-state index < -0.39 is 0 Å². The normalized spacial score (nSPS) is 21.6. The second kappa shape index (κ2) is 7.53. The number of Topliss-reactive ketones (excluding diaryl/α,β-unsaturated/α-hetero) is 1. The van der Waals surface area contributed by atoms with Gasteiger partial charge in [0.15, 0.2) is 5.78 Å². The van der Waals surface area contributed by atoms with Gasteiger partial charge in [-0.1, -0.05) is 37.3 Å². The maximum Gasteiger partial charge on any atom is 0.164 e. The van der Waals surface area contributed by atoms with Crippen LogP contribution in [-0.2, 0) is 4.74 Å². The number of β-amino-alcohol motifs (C(OH)–C–C–N with tert-alkyl or cyclic N) is 1. The molecular weight excluding hydrogens is 254 g/mol. The molecule has 110 valence electrons. The molecule has 1 fully saturated rings. The molecule has 1 saturated heterocycles. The highest BCUT2D eigenvalue weighted by Crippen LogP contribution is 2.15. The number of carbonyl (C=O) groups is 1. The number of ether oxygens (including phenoxy) is 1. The first-order chi connectivity index (χ1) is 9.70. The Hall–Kier alpha value is -1.23. The molecule has 0 bridgehead atoms. The molecule has 2 atom stereocenters. The van der Waals surface area contributed by atoms with E-state index in [0.29, 0.717) is 26.2 Å². The summed E-state index contributed by atoms with van der Waals surface area (Å²) in [4.78, 5) is 14.4. The van der Waals surface area contributed by atoms with Gasteiger partial charge in [0, 0.05) is 31.1 Å². The van der Waals surface area contributed by atoms with E-state index in [-0.39, 0.29) is 17.9 Å². The molecule has 1 aliphatic rings. The number of rotatable bonds is 6. The molecule has 1 unspecified atom stereocenters. The van der Waals surface area contributed by atoms with E-state index in [1.54, 1.807) is 0 Å². The number of nitrogens with zero attached hydrogens (tertiary/aromatic N) is 1. The second-order valence-electron chi connectivity index (χ2n) is 5.28. The van der Waals surface area contributed by atoms with Crippen LogP contribution in [0.15, 0.2) is 30.3 Å². The molecule has 0 amide bonds. The van der Waals surface area contributed by atoms with Gasteiger partial charge in [-0.25, -0.2) is 0 Å². The molecule has 1 aromatic rings. The van der Waals surface area contributed by atoms with Gasteiger partial charge in [0.25, 0.3) is 0 Å². The average Bonchev–Trinajstić information content (AvgIpc) is 2.50. The molecule has 1 heterocycles. The number of aliphatic hydroxyl groups is 1. The molecule has 0 radical (unpaired) electrons. The number of hydrogen-bond donors (Lipinski definition) is 1. The first-order valence-electron chi connectivity index (χ1n) is 7.28. The fourth-order valence-corrected chi connectivity index (χ4v) is 2.47. The van der Waals surface area contributed by atoms with Gasteiger partial charge in [0.1, 0.15) is 0 Å². The molecular formula is C16H23NO3. The van der Waals surface area contributed by atoms with Crippen molar-refractivity contribution in [2.75, 3.05) is 26.3 Å². The number of benzene rings is 1. The largest absolute Gasteiger partial charge is 0.392 e. The van der Waals surface area contributed by atoms with E-state index in [0.717, 1.165) is 18.5 Å². The summed E-state index contributed by atoms with van der Waals surface area (Å²) in [6.45, 7) is 4.60. The van der Waals surface area contributed by atoms with Crippen LogP contribution in [0.4, 0.5) is 0 Å². The quantitative estimate of drug-likeness (QED) is 0.805. The van der Waals surface area contributed by atoms with E-state index in [1.165, 1.54) is 0 Å². The van der Waals surface area contributed by atoms with Crippen LogP contribution >= 0.6 is 0 Å². The molecule has 1 N–H and O–H groups in total. The van der Waals surface area contributed by atoms with Crippen LogP contribution in [0.25, 0.3) is 0 Å². The van der Waals surface area contributed by atoms with Crippen molar-refractivity contribution in [3.63, 3.8) is 0 Å². The molecule has 1 aliphatic heterocycles. The fourth-order valence-electron chi connectivity index (χ4n) is 2.47. The van der Waals surface area contributed by atoms with Gasteiger partial charge in [-0.15, -0.1) is 0 Å². The Morgan fingerprint density at radius 1 is 1.45 bits per heavy atom. The Balaban J connectivity index is 1.96. The van der Waals surface area contributed by atoms with Gasteiger partial charge >= 0.3 is 0 Å².